The van der Waals surface area contributed by atoms with Gasteiger partial charge in [-0.1, -0.05) is 80.3 Å². The fourth-order valence-corrected chi connectivity index (χ4v) is 11.4. The van der Waals surface area contributed by atoms with Gasteiger partial charge in [-0.05, 0) is 107 Å². The van der Waals surface area contributed by atoms with Gasteiger partial charge in [-0.25, -0.2) is 9.59 Å². The van der Waals surface area contributed by atoms with Crippen molar-refractivity contribution in [1.29, 1.82) is 0 Å². The number of nitrogens with two attached hydrogens (primary N) is 1. The Morgan fingerprint density at radius 1 is 1.01 bits per heavy atom. The minimum Gasteiger partial charge on any atom is -0.495 e. The molecule has 4 bridgehead atoms. The van der Waals surface area contributed by atoms with Crippen LogP contribution in [0.2, 0.25) is 10.0 Å². The maximum absolute atomic E-state index is 14.4. The van der Waals surface area contributed by atoms with Gasteiger partial charge in [0.15, 0.2) is 5.78 Å². The number of primary amides is 1. The number of hydrogen-bond acceptors (Lipinski definition) is 15. The third-order valence-electron chi connectivity index (χ3n) is 16.2. The number of rotatable bonds is 23. The predicted octanol–water partition coefficient (Wildman–Crippen LogP) is 8.46. The molecule has 3 fully saturated rings. The number of carbonyl (C=O) groups is 8. The number of carbonyl (C=O) groups excluding carboxylic acids is 8. The van der Waals surface area contributed by atoms with Crippen molar-refractivity contribution < 1.29 is 71.9 Å². The number of nitrogens with one attached hydrogen (secondary N) is 3. The SMILES string of the molecule is COc1cc2cc(c1Cl)N(C)C(=O)C[C@H](OC(=O)Nc1ccc(CC(=O)[C@H](CCCNC(N)=O)NC(=O)[C@@H](CC(=O)CCCCCOC(=O)C3CCC3)C(C)C)cc1Cl)[C@]1(C)O[C@H]1[C@H](C)[C@@H]1C[C@@](O)(CC(=O)O1)[C@H](OC)/C=C/C=C(\C)C2. The van der Waals surface area contributed by atoms with Crippen LogP contribution in [0.3, 0.4) is 0 Å². The van der Waals surface area contributed by atoms with Crippen LogP contribution in [-0.2, 0) is 65.3 Å². The molecule has 20 nitrogen and oxygen atoms in total. The summed E-state index contributed by atoms with van der Waals surface area (Å²) < 4.78 is 35.0. The van der Waals surface area contributed by atoms with Gasteiger partial charge in [-0.15, -0.1) is 0 Å². The third kappa shape index (κ3) is 17.5. The Bertz CT molecular complexity index is 2730. The molecule has 22 heteroatoms. The fraction of sp³-hybridized carbons (Fsp3) is 0.600. The van der Waals surface area contributed by atoms with E-state index in [0.29, 0.717) is 49.3 Å². The number of aliphatic hydroxyl groups is 1. The first-order valence-corrected chi connectivity index (χ1v) is 29.0. The molecule has 0 aromatic heterocycles. The minimum absolute atomic E-state index is 0.00554. The normalized spacial score (nSPS) is 25.6. The van der Waals surface area contributed by atoms with Crippen LogP contribution in [0.1, 0.15) is 129 Å². The highest BCUT2D eigenvalue weighted by molar-refractivity contribution is 6.35. The van der Waals surface area contributed by atoms with E-state index in [-0.39, 0.29) is 96.6 Å². The van der Waals surface area contributed by atoms with Crippen molar-refractivity contribution in [2.45, 2.75) is 173 Å². The molecule has 82 heavy (non-hydrogen) atoms. The first-order chi connectivity index (χ1) is 38.9. The van der Waals surface area contributed by atoms with E-state index < -0.39 is 89.8 Å². The van der Waals surface area contributed by atoms with E-state index in [9.17, 15) is 43.5 Å². The molecule has 2 saturated heterocycles. The minimum atomic E-state index is -1.65. The van der Waals surface area contributed by atoms with Gasteiger partial charge in [-0.3, -0.25) is 34.1 Å². The molecule has 3 heterocycles. The highest BCUT2D eigenvalue weighted by atomic mass is 35.5. The number of fused-ring (bicyclic) bond motifs is 5. The number of ether oxygens (including phenoxy) is 6. The van der Waals surface area contributed by atoms with Crippen LogP contribution in [0.4, 0.5) is 21.0 Å². The lowest BCUT2D eigenvalue weighted by Gasteiger charge is -2.41. The number of anilines is 2. The van der Waals surface area contributed by atoms with E-state index in [4.69, 9.17) is 57.4 Å². The summed E-state index contributed by atoms with van der Waals surface area (Å²) in [7, 11) is 4.46. The van der Waals surface area contributed by atoms with E-state index in [0.717, 1.165) is 30.4 Å². The van der Waals surface area contributed by atoms with Gasteiger partial charge in [0.25, 0.3) is 0 Å². The molecule has 6 rings (SSSR count). The molecule has 4 aliphatic rings. The van der Waals surface area contributed by atoms with Gasteiger partial charge in [0.05, 0.1) is 61.0 Å². The lowest BCUT2D eigenvalue weighted by molar-refractivity contribution is -0.187. The average Bonchev–Trinajstić information content (AvgIpc) is 1.95. The van der Waals surface area contributed by atoms with Crippen molar-refractivity contribution in [2.75, 3.05) is 44.6 Å². The summed E-state index contributed by atoms with van der Waals surface area (Å²) in [5, 5.41) is 20.2. The van der Waals surface area contributed by atoms with Crippen LogP contribution in [-0.4, -0.2) is 129 Å². The van der Waals surface area contributed by atoms with Crippen LogP contribution >= 0.6 is 23.2 Å². The molecule has 3 aliphatic heterocycles. The fourth-order valence-electron chi connectivity index (χ4n) is 10.8. The van der Waals surface area contributed by atoms with Crippen molar-refractivity contribution in [2.24, 2.45) is 29.4 Å². The smallest absolute Gasteiger partial charge is 0.412 e. The quantitative estimate of drug-likeness (QED) is 0.0302. The summed E-state index contributed by atoms with van der Waals surface area (Å²) in [6.45, 7) is 9.49. The Kier molecular flexibility index (Phi) is 23.4. The predicted molar refractivity (Wildman–Crippen MR) is 307 cm³/mol. The summed E-state index contributed by atoms with van der Waals surface area (Å²) in [5.74, 6) is -3.44. The van der Waals surface area contributed by atoms with Gasteiger partial charge in [-0.2, -0.15) is 0 Å². The number of benzene rings is 2. The monoisotopic (exact) mass is 1180 g/mol. The van der Waals surface area contributed by atoms with Gasteiger partial charge in [0.1, 0.15) is 46.1 Å². The Labute approximate surface area is 490 Å². The number of unbranched alkanes of at least 4 members (excludes halogenated alkanes) is 2. The van der Waals surface area contributed by atoms with Crippen LogP contribution in [0.25, 0.3) is 0 Å². The lowest BCUT2D eigenvalue weighted by Crippen LogP contribution is -2.53. The zero-order chi connectivity index (χ0) is 60.1. The molecule has 0 unspecified atom stereocenters. The second-order valence-corrected chi connectivity index (χ2v) is 23.6. The summed E-state index contributed by atoms with van der Waals surface area (Å²) in [6, 6.07) is 6.31. The van der Waals surface area contributed by atoms with Crippen molar-refractivity contribution in [3.8, 4) is 5.75 Å². The van der Waals surface area contributed by atoms with E-state index in [1.807, 2.05) is 26.8 Å². The highest BCUT2D eigenvalue weighted by Crippen LogP contribution is 2.50. The Balaban J connectivity index is 1.15. The Hall–Kier alpha value is -6.06. The number of ketones is 2. The molecule has 2 aromatic rings. The maximum Gasteiger partial charge on any atom is 0.412 e. The second-order valence-electron chi connectivity index (χ2n) is 22.8. The van der Waals surface area contributed by atoms with Crippen LogP contribution in [0.5, 0.6) is 5.75 Å². The number of Topliss-reactive ketones (excluding diaryl/α,β-unsaturated/α-hetero) is 2. The first-order valence-electron chi connectivity index (χ1n) is 28.3. The number of allylic oxidation sites excluding steroid dienone is 3. The van der Waals surface area contributed by atoms with Crippen molar-refractivity contribution in [3.05, 3.63) is 75.3 Å². The summed E-state index contributed by atoms with van der Waals surface area (Å²) in [6.07, 6.45) is 5.38. The van der Waals surface area contributed by atoms with E-state index in [1.165, 1.54) is 31.3 Å². The molecular formula is C60H81Cl2N5O15. The summed E-state index contributed by atoms with van der Waals surface area (Å²) in [4.78, 5) is 108. The number of halogens is 2. The van der Waals surface area contributed by atoms with Crippen molar-refractivity contribution in [3.63, 3.8) is 0 Å². The standard InChI is InChI=1S/C60H81Cl2N5O15/c1-34(2)41(30-40(68)18-10-9-11-24-79-56(73)39-16-13-17-39)55(72)65-44(19-14-23-64-57(63)74)46(69)28-37-21-22-43(42(61)26-37)66-58(75)81-50-31-51(70)67(6)45-27-38(29-47(77-7)53(45)62)25-35(3)15-12-20-49(78-8)60(76)32-48(80-52(71)33-60)36(4)54-59(50,5)82-54/h12,15,20-22,26-27,29,34,36,39,41,44,48-50,54,76H,9-11,13-14,16-19,23-25,28,30-33H2,1-8H3,(H,65,72)(H,66,75)(H3,63,64,74)/b20-12+,35-15+/t36-,41+,44+,48+,49-,50+,54+,59+,60-/m1/s1. The van der Waals surface area contributed by atoms with Crippen molar-refractivity contribution >= 4 is 82.0 Å². The van der Waals surface area contributed by atoms with Gasteiger partial charge < -0.3 is 54.8 Å². The molecule has 5 amide bonds. The van der Waals surface area contributed by atoms with Gasteiger partial charge >= 0.3 is 24.1 Å². The second kappa shape index (κ2) is 29.5. The third-order valence-corrected chi connectivity index (χ3v) is 16.8. The molecule has 1 saturated carbocycles. The average molecular weight is 1180 g/mol. The molecule has 0 radical (unpaired) electrons. The largest absolute Gasteiger partial charge is 0.495 e. The number of urea groups is 1. The topological polar surface area (TPSA) is 281 Å². The number of esters is 2. The Morgan fingerprint density at radius 2 is 1.76 bits per heavy atom. The number of nitrogens with zero attached hydrogens (tertiary/aromatic N) is 1. The van der Waals surface area contributed by atoms with Crippen LogP contribution in [0, 0.1) is 23.7 Å². The zero-order valence-corrected chi connectivity index (χ0v) is 49.8. The van der Waals surface area contributed by atoms with E-state index >= 15 is 0 Å². The van der Waals surface area contributed by atoms with E-state index in [2.05, 4.69) is 16.0 Å². The summed E-state index contributed by atoms with van der Waals surface area (Å²) in [5.41, 5.74) is 4.85. The zero-order valence-electron chi connectivity index (χ0n) is 48.3. The number of amides is 5. The highest BCUT2D eigenvalue weighted by Gasteiger charge is 2.64. The van der Waals surface area contributed by atoms with E-state index in [1.54, 1.807) is 51.2 Å². The van der Waals surface area contributed by atoms with Gasteiger partial charge in [0, 0.05) is 58.2 Å². The molecular weight excluding hydrogens is 1100 g/mol. The molecule has 450 valence electrons. The molecule has 9 atom stereocenters. The van der Waals surface area contributed by atoms with Crippen LogP contribution in [0.15, 0.2) is 54.1 Å². The molecule has 2 aromatic carbocycles. The van der Waals surface area contributed by atoms with Crippen molar-refractivity contribution in [1.82, 2.24) is 10.6 Å². The first kappa shape index (κ1) is 65.1. The molecule has 0 spiro atoms. The number of epoxide rings is 1. The molecule has 1 aliphatic carbocycles. The summed E-state index contributed by atoms with van der Waals surface area (Å²) >= 11 is 13.6. The van der Waals surface area contributed by atoms with Gasteiger partial charge in [0.2, 0.25) is 11.8 Å². The Morgan fingerprint density at radius 3 is 2.41 bits per heavy atom. The van der Waals surface area contributed by atoms with Crippen LogP contribution < -0.4 is 31.3 Å². The number of hydrogen-bond donors (Lipinski definition) is 5. The molecule has 6 N–H and O–H groups in total. The number of methoxy groups -OCH3 is 2. The maximum atomic E-state index is 14.4. The lowest BCUT2D eigenvalue weighted by atomic mass is 9.78.